The fourth-order valence-corrected chi connectivity index (χ4v) is 3.08. The van der Waals surface area contributed by atoms with E-state index in [1.165, 1.54) is 0 Å². The summed E-state index contributed by atoms with van der Waals surface area (Å²) in [7, 11) is 0. The number of hydrogen-bond acceptors (Lipinski definition) is 4. The number of nitrogens with zero attached hydrogens (tertiary/aromatic N) is 1. The maximum atomic E-state index is 5.93. The van der Waals surface area contributed by atoms with Gasteiger partial charge in [-0.3, -0.25) is 0 Å². The molecule has 7 heteroatoms. The van der Waals surface area contributed by atoms with E-state index in [2.05, 4.69) is 37.5 Å². The molecule has 0 atom stereocenters. The Morgan fingerprint density at radius 2 is 1.97 bits per heavy atom. The molecule has 0 amide bonds. The number of hydrogen-bond donors (Lipinski definition) is 2. The van der Waals surface area contributed by atoms with Gasteiger partial charge >= 0.3 is 0 Å². The van der Waals surface area contributed by atoms with E-state index in [1.54, 1.807) is 0 Å². The van der Waals surface area contributed by atoms with Gasteiger partial charge in [-0.05, 0) is 44.1 Å². The first-order valence-electron chi connectivity index (χ1n) is 11.1. The molecule has 172 valence electrons. The molecule has 0 aromatic heterocycles. The monoisotopic (exact) mass is 533 g/mol. The molecular formula is C23H40IN3O3. The predicted molar refractivity (Wildman–Crippen MR) is 134 cm³/mol. The lowest BCUT2D eigenvalue weighted by atomic mass is 10.0. The van der Waals surface area contributed by atoms with E-state index in [0.717, 1.165) is 76.1 Å². The van der Waals surface area contributed by atoms with Crippen LogP contribution in [0, 0.1) is 11.8 Å². The molecule has 30 heavy (non-hydrogen) atoms. The van der Waals surface area contributed by atoms with Crippen LogP contribution in [0.3, 0.4) is 0 Å². The van der Waals surface area contributed by atoms with Crippen LogP contribution in [0.15, 0.2) is 29.3 Å². The first-order valence-corrected chi connectivity index (χ1v) is 11.1. The predicted octanol–water partition coefficient (Wildman–Crippen LogP) is 4.23. The van der Waals surface area contributed by atoms with Crippen LogP contribution in [-0.4, -0.2) is 52.1 Å². The molecule has 0 aliphatic carbocycles. The molecule has 0 saturated carbocycles. The average Bonchev–Trinajstić information content (AvgIpc) is 2.74. The van der Waals surface area contributed by atoms with Crippen LogP contribution in [0.2, 0.25) is 0 Å². The highest BCUT2D eigenvalue weighted by Crippen LogP contribution is 2.19. The Morgan fingerprint density at radius 3 is 2.70 bits per heavy atom. The zero-order valence-corrected chi connectivity index (χ0v) is 21.2. The molecule has 0 radical (unpaired) electrons. The topological polar surface area (TPSA) is 64.1 Å². The molecule has 0 unspecified atom stereocenters. The number of guanidine groups is 1. The molecule has 1 aromatic rings. The van der Waals surface area contributed by atoms with Crippen molar-refractivity contribution in [2.24, 2.45) is 16.8 Å². The number of halogens is 1. The van der Waals surface area contributed by atoms with Gasteiger partial charge in [-0.25, -0.2) is 4.99 Å². The first kappa shape index (κ1) is 27.0. The van der Waals surface area contributed by atoms with E-state index in [-0.39, 0.29) is 24.0 Å². The van der Waals surface area contributed by atoms with Crippen LogP contribution < -0.4 is 15.4 Å². The van der Waals surface area contributed by atoms with Crippen LogP contribution in [-0.2, 0) is 16.0 Å². The summed E-state index contributed by atoms with van der Waals surface area (Å²) in [6, 6.07) is 8.13. The molecule has 1 aliphatic rings. The van der Waals surface area contributed by atoms with Crippen LogP contribution in [0.1, 0.15) is 45.6 Å². The number of nitrogens with one attached hydrogen (secondary N) is 2. The van der Waals surface area contributed by atoms with Crippen molar-refractivity contribution in [3.05, 3.63) is 29.8 Å². The van der Waals surface area contributed by atoms with Gasteiger partial charge < -0.3 is 24.8 Å². The van der Waals surface area contributed by atoms with Crippen molar-refractivity contribution in [1.82, 2.24) is 10.6 Å². The highest BCUT2D eigenvalue weighted by atomic mass is 127. The maximum absolute atomic E-state index is 5.93. The lowest BCUT2D eigenvalue weighted by molar-refractivity contribution is 0.0203. The first-order chi connectivity index (χ1) is 14.2. The van der Waals surface area contributed by atoms with Crippen molar-refractivity contribution in [3.8, 4) is 5.75 Å². The zero-order valence-electron chi connectivity index (χ0n) is 18.8. The molecule has 2 N–H and O–H groups in total. The summed E-state index contributed by atoms with van der Waals surface area (Å²) in [5.74, 6) is 2.91. The van der Waals surface area contributed by atoms with Crippen LogP contribution >= 0.6 is 24.0 Å². The van der Waals surface area contributed by atoms with Crippen molar-refractivity contribution in [2.75, 3.05) is 46.1 Å². The number of rotatable bonds is 12. The maximum Gasteiger partial charge on any atom is 0.191 e. The van der Waals surface area contributed by atoms with Gasteiger partial charge in [0.2, 0.25) is 0 Å². The summed E-state index contributed by atoms with van der Waals surface area (Å²) < 4.78 is 17.2. The Balaban J connectivity index is 0.00000450. The standard InChI is InChI=1S/C23H39N3O3.HI/c1-4-24-23(25-12-7-13-28-18-20-10-14-27-15-11-20)26-16-21-8-5-6-9-22(21)29-17-19(2)3;/h5-6,8-9,19-20H,4,7,10-18H2,1-3H3,(H2,24,25,26);1H. The number of benzene rings is 1. The fourth-order valence-electron chi connectivity index (χ4n) is 3.08. The van der Waals surface area contributed by atoms with E-state index in [1.807, 2.05) is 18.2 Å². The van der Waals surface area contributed by atoms with Gasteiger partial charge in [-0.1, -0.05) is 32.0 Å². The van der Waals surface area contributed by atoms with E-state index >= 15 is 0 Å². The Hall–Kier alpha value is -1.06. The minimum absolute atomic E-state index is 0. The highest BCUT2D eigenvalue weighted by Gasteiger charge is 2.13. The lowest BCUT2D eigenvalue weighted by Crippen LogP contribution is -2.38. The molecule has 0 bridgehead atoms. The van der Waals surface area contributed by atoms with E-state index in [9.17, 15) is 0 Å². The average molecular weight is 533 g/mol. The van der Waals surface area contributed by atoms with Gasteiger partial charge in [-0.15, -0.1) is 24.0 Å². The number of para-hydroxylation sites is 1. The molecular weight excluding hydrogens is 493 g/mol. The lowest BCUT2D eigenvalue weighted by Gasteiger charge is -2.21. The van der Waals surface area contributed by atoms with E-state index < -0.39 is 0 Å². The fraction of sp³-hybridized carbons (Fsp3) is 0.696. The van der Waals surface area contributed by atoms with Crippen LogP contribution in [0.4, 0.5) is 0 Å². The van der Waals surface area contributed by atoms with Crippen LogP contribution in [0.5, 0.6) is 5.75 Å². The van der Waals surface area contributed by atoms with Gasteiger partial charge in [-0.2, -0.15) is 0 Å². The molecule has 1 heterocycles. The van der Waals surface area contributed by atoms with Gasteiger partial charge in [0, 0.05) is 45.1 Å². The quantitative estimate of drug-likeness (QED) is 0.182. The summed E-state index contributed by atoms with van der Waals surface area (Å²) in [4.78, 5) is 4.72. The van der Waals surface area contributed by atoms with Gasteiger partial charge in [0.05, 0.1) is 13.2 Å². The SMILES string of the molecule is CCNC(=NCc1ccccc1OCC(C)C)NCCCOCC1CCOCC1.I. The van der Waals surface area contributed by atoms with Crippen molar-refractivity contribution in [1.29, 1.82) is 0 Å². The summed E-state index contributed by atoms with van der Waals surface area (Å²) >= 11 is 0. The van der Waals surface area contributed by atoms with Gasteiger partial charge in [0.25, 0.3) is 0 Å². The van der Waals surface area contributed by atoms with Crippen molar-refractivity contribution in [3.63, 3.8) is 0 Å². The Labute approximate surface area is 199 Å². The smallest absolute Gasteiger partial charge is 0.191 e. The molecule has 1 saturated heterocycles. The Morgan fingerprint density at radius 1 is 1.20 bits per heavy atom. The van der Waals surface area contributed by atoms with Gasteiger partial charge in [0.15, 0.2) is 5.96 Å². The van der Waals surface area contributed by atoms with E-state index in [4.69, 9.17) is 19.2 Å². The van der Waals surface area contributed by atoms with Gasteiger partial charge in [0.1, 0.15) is 5.75 Å². The molecule has 1 aliphatic heterocycles. The number of aliphatic imine (C=N–C) groups is 1. The Bertz CT molecular complexity index is 593. The largest absolute Gasteiger partial charge is 0.493 e. The Kier molecular flexibility index (Phi) is 14.9. The third-order valence-corrected chi connectivity index (χ3v) is 4.75. The number of ether oxygens (including phenoxy) is 3. The second-order valence-electron chi connectivity index (χ2n) is 7.92. The summed E-state index contributed by atoms with van der Waals surface area (Å²) in [6.07, 6.45) is 3.21. The highest BCUT2D eigenvalue weighted by molar-refractivity contribution is 14.0. The summed E-state index contributed by atoms with van der Waals surface area (Å²) in [6.45, 7) is 12.7. The zero-order chi connectivity index (χ0) is 20.7. The van der Waals surface area contributed by atoms with Crippen LogP contribution in [0.25, 0.3) is 0 Å². The van der Waals surface area contributed by atoms with Crippen molar-refractivity contribution < 1.29 is 14.2 Å². The second-order valence-corrected chi connectivity index (χ2v) is 7.92. The van der Waals surface area contributed by atoms with E-state index in [0.29, 0.717) is 25.0 Å². The molecule has 6 nitrogen and oxygen atoms in total. The van der Waals surface area contributed by atoms with Crippen molar-refractivity contribution in [2.45, 2.75) is 46.6 Å². The molecule has 1 fully saturated rings. The second kappa shape index (κ2) is 16.6. The third-order valence-electron chi connectivity index (χ3n) is 4.75. The minimum atomic E-state index is 0. The third kappa shape index (κ3) is 11.4. The summed E-state index contributed by atoms with van der Waals surface area (Å²) in [5, 5.41) is 6.71. The molecule has 0 spiro atoms. The molecule has 1 aromatic carbocycles. The molecule has 2 rings (SSSR count). The van der Waals surface area contributed by atoms with Crippen molar-refractivity contribution >= 4 is 29.9 Å². The normalized spacial score (nSPS) is 15.0. The summed E-state index contributed by atoms with van der Waals surface area (Å²) in [5.41, 5.74) is 1.10. The minimum Gasteiger partial charge on any atom is -0.493 e.